The van der Waals surface area contributed by atoms with E-state index < -0.39 is 0 Å². The second kappa shape index (κ2) is 6.48. The number of unbranched alkanes of at least 4 members (excludes halogenated alkanes) is 2. The molecule has 4 heteroatoms. The van der Waals surface area contributed by atoms with E-state index in [2.05, 4.69) is 34.4 Å². The van der Waals surface area contributed by atoms with Crippen LogP contribution in [0, 0.1) is 0 Å². The molecule has 1 atom stereocenters. The molecule has 0 radical (unpaired) electrons. The number of aromatic nitrogens is 4. The summed E-state index contributed by atoms with van der Waals surface area (Å²) in [5.74, 6) is 0. The molecule has 2 heterocycles. The van der Waals surface area contributed by atoms with Crippen LogP contribution in [-0.2, 0) is 0 Å². The molecule has 0 aliphatic rings. The second-order valence-electron chi connectivity index (χ2n) is 5.32. The number of rotatable bonds is 6. The summed E-state index contributed by atoms with van der Waals surface area (Å²) in [5, 5.41) is 8.68. The van der Waals surface area contributed by atoms with Gasteiger partial charge in [-0.1, -0.05) is 49.6 Å². The average Bonchev–Trinajstić information content (AvgIpc) is 2.96. The third kappa shape index (κ3) is 2.94. The quantitative estimate of drug-likeness (QED) is 0.641. The van der Waals surface area contributed by atoms with Gasteiger partial charge in [-0.15, -0.1) is 5.10 Å². The summed E-state index contributed by atoms with van der Waals surface area (Å²) in [4.78, 5) is 4.26. The lowest BCUT2D eigenvalue weighted by molar-refractivity contribution is 0.464. The van der Waals surface area contributed by atoms with Crippen LogP contribution in [0.3, 0.4) is 0 Å². The summed E-state index contributed by atoms with van der Waals surface area (Å²) in [7, 11) is 0. The van der Waals surface area contributed by atoms with Gasteiger partial charge in [-0.25, -0.2) is 4.68 Å². The number of nitrogens with zero attached hydrogens (tertiary/aromatic N) is 4. The maximum atomic E-state index is 4.39. The normalized spacial score (nSPS) is 12.6. The molecule has 0 aliphatic carbocycles. The Hall–Kier alpha value is -2.23. The van der Waals surface area contributed by atoms with E-state index in [1.807, 2.05) is 41.3 Å². The molecule has 4 nitrogen and oxygen atoms in total. The third-order valence-corrected chi connectivity index (χ3v) is 3.82. The van der Waals surface area contributed by atoms with Crippen molar-refractivity contribution >= 4 is 11.0 Å². The van der Waals surface area contributed by atoms with Crippen molar-refractivity contribution in [1.29, 1.82) is 0 Å². The van der Waals surface area contributed by atoms with Gasteiger partial charge < -0.3 is 0 Å². The molecule has 0 saturated heterocycles. The highest BCUT2D eigenvalue weighted by molar-refractivity contribution is 5.74. The van der Waals surface area contributed by atoms with Crippen LogP contribution in [0.4, 0.5) is 0 Å². The lowest BCUT2D eigenvalue weighted by Crippen LogP contribution is -2.12. The van der Waals surface area contributed by atoms with Gasteiger partial charge in [0.2, 0.25) is 0 Å². The first-order chi connectivity index (χ1) is 10.4. The highest BCUT2D eigenvalue weighted by Gasteiger charge is 2.17. The van der Waals surface area contributed by atoms with Crippen LogP contribution >= 0.6 is 0 Å². The molecule has 0 amide bonds. The standard InChI is InChI=1S/C17H20N4/c1-2-3-4-10-16(14-8-7-12-18-13-14)21-17-11-6-5-9-15(17)19-20-21/h5-9,11-13,16H,2-4,10H2,1H3. The zero-order valence-corrected chi connectivity index (χ0v) is 12.3. The van der Waals surface area contributed by atoms with Crippen LogP contribution < -0.4 is 0 Å². The maximum absolute atomic E-state index is 4.39. The van der Waals surface area contributed by atoms with Crippen LogP contribution in [0.2, 0.25) is 0 Å². The number of benzene rings is 1. The van der Waals surface area contributed by atoms with Crippen LogP contribution in [0.25, 0.3) is 11.0 Å². The van der Waals surface area contributed by atoms with Crippen LogP contribution in [0.1, 0.15) is 44.2 Å². The van der Waals surface area contributed by atoms with Crippen molar-refractivity contribution in [1.82, 2.24) is 20.0 Å². The van der Waals surface area contributed by atoms with Crippen molar-refractivity contribution in [2.24, 2.45) is 0 Å². The van der Waals surface area contributed by atoms with Crippen LogP contribution in [0.5, 0.6) is 0 Å². The van der Waals surface area contributed by atoms with Crippen molar-refractivity contribution in [3.05, 3.63) is 54.4 Å². The molecule has 1 aromatic carbocycles. The Morgan fingerprint density at radius 1 is 1.10 bits per heavy atom. The third-order valence-electron chi connectivity index (χ3n) is 3.82. The monoisotopic (exact) mass is 280 g/mol. The minimum absolute atomic E-state index is 0.206. The molecule has 2 aromatic heterocycles. The Labute approximate surface area is 124 Å². The maximum Gasteiger partial charge on any atom is 0.113 e. The number of para-hydroxylation sites is 1. The van der Waals surface area contributed by atoms with E-state index in [1.165, 1.54) is 24.8 Å². The van der Waals surface area contributed by atoms with Crippen LogP contribution in [-0.4, -0.2) is 20.0 Å². The summed E-state index contributed by atoms with van der Waals surface area (Å²) in [5.41, 5.74) is 3.23. The molecule has 108 valence electrons. The molecule has 0 bridgehead atoms. The minimum Gasteiger partial charge on any atom is -0.264 e. The van der Waals surface area contributed by atoms with E-state index in [9.17, 15) is 0 Å². The van der Waals surface area contributed by atoms with Gasteiger partial charge in [-0.3, -0.25) is 4.98 Å². The Kier molecular flexibility index (Phi) is 4.24. The molecular formula is C17H20N4. The van der Waals surface area contributed by atoms with Crippen molar-refractivity contribution in [2.45, 2.75) is 38.6 Å². The predicted octanol–water partition coefficient (Wildman–Crippen LogP) is 4.00. The summed E-state index contributed by atoms with van der Waals surface area (Å²) >= 11 is 0. The first kappa shape index (κ1) is 13.7. The van der Waals surface area contributed by atoms with Crippen molar-refractivity contribution in [3.8, 4) is 0 Å². The molecule has 21 heavy (non-hydrogen) atoms. The Balaban J connectivity index is 1.98. The fourth-order valence-corrected chi connectivity index (χ4v) is 2.71. The molecule has 0 spiro atoms. The Morgan fingerprint density at radius 3 is 2.81 bits per heavy atom. The van der Waals surface area contributed by atoms with Crippen molar-refractivity contribution in [2.75, 3.05) is 0 Å². The fourth-order valence-electron chi connectivity index (χ4n) is 2.71. The molecule has 1 unspecified atom stereocenters. The average molecular weight is 280 g/mol. The predicted molar refractivity (Wildman–Crippen MR) is 84.0 cm³/mol. The molecule has 0 saturated carbocycles. The van der Waals surface area contributed by atoms with E-state index in [-0.39, 0.29) is 6.04 Å². The Morgan fingerprint density at radius 2 is 2.00 bits per heavy atom. The largest absolute Gasteiger partial charge is 0.264 e. The van der Waals surface area contributed by atoms with Gasteiger partial charge in [0.25, 0.3) is 0 Å². The fraction of sp³-hybridized carbons (Fsp3) is 0.353. The smallest absolute Gasteiger partial charge is 0.113 e. The molecular weight excluding hydrogens is 260 g/mol. The lowest BCUT2D eigenvalue weighted by Gasteiger charge is -2.18. The summed E-state index contributed by atoms with van der Waals surface area (Å²) in [6.45, 7) is 2.23. The molecule has 0 N–H and O–H groups in total. The topological polar surface area (TPSA) is 43.6 Å². The highest BCUT2D eigenvalue weighted by atomic mass is 15.4. The van der Waals surface area contributed by atoms with Crippen molar-refractivity contribution < 1.29 is 0 Å². The van der Waals surface area contributed by atoms with E-state index >= 15 is 0 Å². The summed E-state index contributed by atoms with van der Waals surface area (Å²) in [6, 6.07) is 12.4. The second-order valence-corrected chi connectivity index (χ2v) is 5.32. The number of hydrogen-bond acceptors (Lipinski definition) is 3. The molecule has 3 rings (SSSR count). The molecule has 0 aliphatic heterocycles. The Bertz CT molecular complexity index is 690. The molecule has 0 fully saturated rings. The zero-order chi connectivity index (χ0) is 14.5. The van der Waals surface area contributed by atoms with Gasteiger partial charge in [0.1, 0.15) is 5.52 Å². The van der Waals surface area contributed by atoms with Crippen molar-refractivity contribution in [3.63, 3.8) is 0 Å². The van der Waals surface area contributed by atoms with E-state index in [4.69, 9.17) is 0 Å². The van der Waals surface area contributed by atoms with Gasteiger partial charge in [-0.05, 0) is 30.2 Å². The zero-order valence-electron chi connectivity index (χ0n) is 12.3. The van der Waals surface area contributed by atoms with Gasteiger partial charge >= 0.3 is 0 Å². The van der Waals surface area contributed by atoms with Gasteiger partial charge in [-0.2, -0.15) is 0 Å². The minimum atomic E-state index is 0.206. The number of fused-ring (bicyclic) bond motifs is 1. The van der Waals surface area contributed by atoms with Gasteiger partial charge in [0.05, 0.1) is 11.6 Å². The SMILES string of the molecule is CCCCCC(c1cccnc1)n1nnc2ccccc21. The van der Waals surface area contributed by atoms with E-state index in [1.54, 1.807) is 0 Å². The summed E-state index contributed by atoms with van der Waals surface area (Å²) in [6.07, 6.45) is 8.46. The van der Waals surface area contributed by atoms with E-state index in [0.29, 0.717) is 0 Å². The first-order valence-electron chi connectivity index (χ1n) is 7.60. The summed E-state index contributed by atoms with van der Waals surface area (Å²) < 4.78 is 2.04. The van der Waals surface area contributed by atoms with Gasteiger partial charge in [0.15, 0.2) is 0 Å². The van der Waals surface area contributed by atoms with E-state index in [0.717, 1.165) is 17.5 Å². The first-order valence-corrected chi connectivity index (χ1v) is 7.60. The van der Waals surface area contributed by atoms with Crippen LogP contribution in [0.15, 0.2) is 48.8 Å². The lowest BCUT2D eigenvalue weighted by atomic mass is 10.0. The highest BCUT2D eigenvalue weighted by Crippen LogP contribution is 2.26. The number of pyridine rings is 1. The molecule has 3 aromatic rings. The van der Waals surface area contributed by atoms with Gasteiger partial charge in [0, 0.05) is 12.4 Å². The number of hydrogen-bond donors (Lipinski definition) is 0.